The smallest absolute Gasteiger partial charge is 0.270 e. The summed E-state index contributed by atoms with van der Waals surface area (Å²) in [7, 11) is -0.699. The van der Waals surface area contributed by atoms with Crippen molar-refractivity contribution in [3.05, 3.63) is 99.6 Å². The van der Waals surface area contributed by atoms with Crippen molar-refractivity contribution in [3.63, 3.8) is 0 Å². The van der Waals surface area contributed by atoms with Crippen LogP contribution in [0.15, 0.2) is 77.8 Å². The average molecular weight is 489 g/mol. The Labute approximate surface area is 204 Å². The number of nitro groups is 1. The normalized spacial score (nSPS) is 15.5. The van der Waals surface area contributed by atoms with Crippen LogP contribution in [0.4, 0.5) is 11.4 Å². The Kier molecular flexibility index (Phi) is 6.43. The van der Waals surface area contributed by atoms with E-state index in [2.05, 4.69) is 9.88 Å². The summed E-state index contributed by atoms with van der Waals surface area (Å²) in [5.41, 5.74) is 4.08. The van der Waals surface area contributed by atoms with Gasteiger partial charge >= 0.3 is 0 Å². The summed E-state index contributed by atoms with van der Waals surface area (Å²) in [6, 6.07) is 21.8. The van der Waals surface area contributed by atoms with Gasteiger partial charge in [-0.05, 0) is 23.8 Å². The fourth-order valence-corrected chi connectivity index (χ4v) is 5.40. The van der Waals surface area contributed by atoms with Crippen molar-refractivity contribution >= 4 is 38.8 Å². The third-order valence-electron chi connectivity index (χ3n) is 6.11. The van der Waals surface area contributed by atoms with Crippen LogP contribution in [0.25, 0.3) is 10.9 Å². The molecule has 178 valence electrons. The molecule has 1 aromatic heterocycles. The predicted octanol–water partition coefficient (Wildman–Crippen LogP) is 4.52. The van der Waals surface area contributed by atoms with E-state index in [0.29, 0.717) is 27.9 Å². The van der Waals surface area contributed by atoms with E-state index in [4.69, 9.17) is 4.99 Å². The largest absolute Gasteiger partial charge is 0.494 e. The molecule has 2 N–H and O–H groups in total. The molecule has 1 aliphatic heterocycles. The number of aromatic amines is 1. The molecule has 4 aromatic rings. The van der Waals surface area contributed by atoms with Gasteiger partial charge in [-0.1, -0.05) is 42.5 Å². The Hall–Kier alpha value is -3.82. The maximum atomic E-state index is 11.6. The summed E-state index contributed by atoms with van der Waals surface area (Å²) in [6.45, 7) is 2.45. The van der Waals surface area contributed by atoms with Gasteiger partial charge in [0.1, 0.15) is 0 Å². The molecular formula is C26H24N4O4S. The van der Waals surface area contributed by atoms with Crippen molar-refractivity contribution in [2.24, 2.45) is 4.99 Å². The second kappa shape index (κ2) is 9.81. The molecule has 0 amide bonds. The molecule has 35 heavy (non-hydrogen) atoms. The molecule has 0 atom stereocenters. The summed E-state index contributed by atoms with van der Waals surface area (Å²) in [5, 5.41) is 22.7. The number of rotatable bonds is 6. The number of hydrogen-bond acceptors (Lipinski definition) is 6. The lowest BCUT2D eigenvalue weighted by molar-refractivity contribution is -0.384. The predicted molar refractivity (Wildman–Crippen MR) is 138 cm³/mol. The maximum absolute atomic E-state index is 11.6. The SMILES string of the molecule is O=[N+]([O-])c1ccc2[nH]c(O)c(C(=Nc3ccc(CN4CCS(=O)CC4)cc3)c3ccccc3)c2c1. The molecule has 0 bridgehead atoms. The zero-order valence-electron chi connectivity index (χ0n) is 18.9. The van der Waals surface area contributed by atoms with Crippen LogP contribution in [-0.4, -0.2) is 54.4 Å². The highest BCUT2D eigenvalue weighted by Crippen LogP contribution is 2.33. The molecule has 3 aromatic carbocycles. The van der Waals surface area contributed by atoms with Crippen LogP contribution in [0.2, 0.25) is 0 Å². The maximum Gasteiger partial charge on any atom is 0.270 e. The summed E-state index contributed by atoms with van der Waals surface area (Å²) < 4.78 is 11.6. The quantitative estimate of drug-likeness (QED) is 0.236. The lowest BCUT2D eigenvalue weighted by Gasteiger charge is -2.26. The number of hydrogen-bond donors (Lipinski definition) is 2. The summed E-state index contributed by atoms with van der Waals surface area (Å²) >= 11 is 0. The van der Waals surface area contributed by atoms with E-state index in [1.807, 2.05) is 54.6 Å². The lowest BCUT2D eigenvalue weighted by atomic mass is 10.0. The number of nitrogens with one attached hydrogen (secondary N) is 1. The standard InChI is InChI=1S/C26H24N4O4S/c31-26-24(22-16-21(30(32)33)10-11-23(22)28-26)25(19-4-2-1-3-5-19)27-20-8-6-18(7-9-20)17-29-12-14-35(34)15-13-29/h1-11,16,28,31H,12-15,17H2. The van der Waals surface area contributed by atoms with E-state index in [0.717, 1.165) is 42.3 Å². The fourth-order valence-electron chi connectivity index (χ4n) is 4.28. The highest BCUT2D eigenvalue weighted by molar-refractivity contribution is 7.85. The van der Waals surface area contributed by atoms with Gasteiger partial charge in [0.15, 0.2) is 5.88 Å². The van der Waals surface area contributed by atoms with E-state index < -0.39 is 15.7 Å². The number of aromatic hydroxyl groups is 1. The first kappa shape index (κ1) is 22.9. The Morgan fingerprint density at radius 2 is 1.77 bits per heavy atom. The molecule has 1 saturated heterocycles. The summed E-state index contributed by atoms with van der Waals surface area (Å²) in [5.74, 6) is 1.34. The van der Waals surface area contributed by atoms with Crippen molar-refractivity contribution in [1.82, 2.24) is 9.88 Å². The zero-order chi connectivity index (χ0) is 24.4. The van der Waals surface area contributed by atoms with Gasteiger partial charge in [0.05, 0.1) is 21.9 Å². The summed E-state index contributed by atoms with van der Waals surface area (Å²) in [4.78, 5) is 21.0. The minimum absolute atomic E-state index is 0.0592. The molecular weight excluding hydrogens is 464 g/mol. The third-order valence-corrected chi connectivity index (χ3v) is 7.39. The van der Waals surface area contributed by atoms with Crippen molar-refractivity contribution in [1.29, 1.82) is 0 Å². The molecule has 0 unspecified atom stereocenters. The third kappa shape index (κ3) is 5.01. The molecule has 0 spiro atoms. The molecule has 1 fully saturated rings. The number of benzene rings is 3. The number of nitro benzene ring substituents is 1. The van der Waals surface area contributed by atoms with Crippen molar-refractivity contribution in [3.8, 4) is 5.88 Å². The fraction of sp³-hybridized carbons (Fsp3) is 0.192. The average Bonchev–Trinajstić information content (AvgIpc) is 3.20. The second-order valence-electron chi connectivity index (χ2n) is 8.45. The Morgan fingerprint density at radius 3 is 2.46 bits per heavy atom. The van der Waals surface area contributed by atoms with Crippen LogP contribution in [0.5, 0.6) is 5.88 Å². The first-order valence-corrected chi connectivity index (χ1v) is 12.8. The van der Waals surface area contributed by atoms with Crippen LogP contribution in [-0.2, 0) is 17.3 Å². The number of aliphatic imine (C=N–C) groups is 1. The van der Waals surface area contributed by atoms with Crippen LogP contribution in [0.3, 0.4) is 0 Å². The summed E-state index contributed by atoms with van der Waals surface area (Å²) in [6.07, 6.45) is 0. The monoisotopic (exact) mass is 488 g/mol. The van der Waals surface area contributed by atoms with Crippen LogP contribution in [0.1, 0.15) is 16.7 Å². The van der Waals surface area contributed by atoms with Gasteiger partial charge in [0.25, 0.3) is 5.69 Å². The lowest BCUT2D eigenvalue weighted by Crippen LogP contribution is -2.37. The first-order chi connectivity index (χ1) is 17.0. The Balaban J connectivity index is 1.53. The van der Waals surface area contributed by atoms with Gasteiger partial charge < -0.3 is 10.1 Å². The van der Waals surface area contributed by atoms with Crippen LogP contribution >= 0.6 is 0 Å². The number of fused-ring (bicyclic) bond motifs is 1. The van der Waals surface area contributed by atoms with Gasteiger partial charge in [0.2, 0.25) is 0 Å². The molecule has 1 aliphatic rings. The van der Waals surface area contributed by atoms with E-state index in [9.17, 15) is 19.4 Å². The van der Waals surface area contributed by atoms with Crippen LogP contribution < -0.4 is 0 Å². The van der Waals surface area contributed by atoms with Crippen molar-refractivity contribution in [2.45, 2.75) is 6.54 Å². The van der Waals surface area contributed by atoms with Gasteiger partial charge in [0, 0.05) is 70.5 Å². The molecule has 0 aliphatic carbocycles. The topological polar surface area (TPSA) is 112 Å². The van der Waals surface area contributed by atoms with E-state index in [-0.39, 0.29) is 11.6 Å². The first-order valence-electron chi connectivity index (χ1n) is 11.3. The molecule has 8 nitrogen and oxygen atoms in total. The van der Waals surface area contributed by atoms with Crippen molar-refractivity contribution < 1.29 is 14.2 Å². The number of aromatic nitrogens is 1. The van der Waals surface area contributed by atoms with E-state index >= 15 is 0 Å². The number of nitrogens with zero attached hydrogens (tertiary/aromatic N) is 3. The molecule has 2 heterocycles. The minimum Gasteiger partial charge on any atom is -0.494 e. The van der Waals surface area contributed by atoms with Gasteiger partial charge in [-0.3, -0.25) is 19.2 Å². The molecule has 9 heteroatoms. The highest BCUT2D eigenvalue weighted by atomic mass is 32.2. The van der Waals surface area contributed by atoms with Gasteiger partial charge in [-0.25, -0.2) is 4.99 Å². The zero-order valence-corrected chi connectivity index (χ0v) is 19.7. The Morgan fingerprint density at radius 1 is 1.06 bits per heavy atom. The van der Waals surface area contributed by atoms with Crippen LogP contribution in [0, 0.1) is 10.1 Å². The molecule has 0 radical (unpaired) electrons. The highest BCUT2D eigenvalue weighted by Gasteiger charge is 2.21. The van der Waals surface area contributed by atoms with E-state index in [1.165, 1.54) is 12.1 Å². The van der Waals surface area contributed by atoms with Gasteiger partial charge in [-0.2, -0.15) is 0 Å². The Bertz CT molecular complexity index is 1420. The minimum atomic E-state index is -0.699. The van der Waals surface area contributed by atoms with Gasteiger partial charge in [-0.15, -0.1) is 0 Å². The van der Waals surface area contributed by atoms with E-state index in [1.54, 1.807) is 6.07 Å². The molecule has 0 saturated carbocycles. The number of non-ortho nitro benzene ring substituents is 1. The molecule has 5 rings (SSSR count). The second-order valence-corrected chi connectivity index (χ2v) is 10.1. The number of H-pyrrole nitrogens is 1. The van der Waals surface area contributed by atoms with Crippen molar-refractivity contribution in [2.75, 3.05) is 24.6 Å².